The zero-order chi connectivity index (χ0) is 14.8. The van der Waals surface area contributed by atoms with Crippen molar-refractivity contribution >= 4 is 5.97 Å². The Kier molecular flexibility index (Phi) is 4.78. The highest BCUT2D eigenvalue weighted by atomic mass is 16.5. The highest BCUT2D eigenvalue weighted by molar-refractivity contribution is 5.76. The van der Waals surface area contributed by atoms with Crippen LogP contribution in [-0.4, -0.2) is 25.2 Å². The van der Waals surface area contributed by atoms with Crippen LogP contribution in [0.25, 0.3) is 0 Å². The summed E-state index contributed by atoms with van der Waals surface area (Å²) < 4.78 is 5.84. The Morgan fingerprint density at radius 1 is 1.20 bits per heavy atom. The lowest BCUT2D eigenvalue weighted by Crippen LogP contribution is -2.44. The van der Waals surface area contributed by atoms with Crippen LogP contribution >= 0.6 is 0 Å². The summed E-state index contributed by atoms with van der Waals surface area (Å²) in [6, 6.07) is 0. The van der Waals surface area contributed by atoms with Crippen LogP contribution in [0.3, 0.4) is 0 Å². The van der Waals surface area contributed by atoms with Crippen LogP contribution in [0.15, 0.2) is 0 Å². The molecule has 0 aromatic heterocycles. The van der Waals surface area contributed by atoms with Gasteiger partial charge in [-0.25, -0.2) is 0 Å². The van der Waals surface area contributed by atoms with Crippen molar-refractivity contribution in [2.24, 2.45) is 16.7 Å². The average Bonchev–Trinajstić information content (AvgIpc) is 2.42. The predicted octanol–water partition coefficient (Wildman–Crippen LogP) is 3.52. The molecular formula is C17H31NO2. The monoisotopic (exact) mass is 281 g/mol. The Morgan fingerprint density at radius 3 is 2.40 bits per heavy atom. The van der Waals surface area contributed by atoms with Crippen LogP contribution in [0.2, 0.25) is 0 Å². The third kappa shape index (κ3) is 3.75. The molecule has 116 valence electrons. The maximum absolute atomic E-state index is 12.5. The molecular weight excluding hydrogens is 250 g/mol. The van der Waals surface area contributed by atoms with E-state index in [0.717, 1.165) is 45.2 Å². The SMILES string of the molecule is CC1(C)CCC(OC(=O)C(C)(C)C2CCCNC2)CC1. The first kappa shape index (κ1) is 15.8. The van der Waals surface area contributed by atoms with Gasteiger partial charge in [-0.1, -0.05) is 13.8 Å². The first-order valence-corrected chi connectivity index (χ1v) is 8.23. The molecule has 0 amide bonds. The second kappa shape index (κ2) is 6.05. The summed E-state index contributed by atoms with van der Waals surface area (Å²) in [5.74, 6) is 0.416. The number of piperidine rings is 1. The minimum atomic E-state index is -0.361. The molecule has 3 heteroatoms. The predicted molar refractivity (Wildman–Crippen MR) is 81.5 cm³/mol. The number of carbonyl (C=O) groups excluding carboxylic acids is 1. The zero-order valence-corrected chi connectivity index (χ0v) is 13.6. The third-order valence-electron chi connectivity index (χ3n) is 5.40. The van der Waals surface area contributed by atoms with E-state index in [4.69, 9.17) is 4.74 Å². The lowest BCUT2D eigenvalue weighted by molar-refractivity contribution is -0.166. The minimum Gasteiger partial charge on any atom is -0.462 e. The molecule has 0 aromatic carbocycles. The molecule has 1 heterocycles. The van der Waals surface area contributed by atoms with Crippen molar-refractivity contribution in [2.45, 2.75) is 72.3 Å². The van der Waals surface area contributed by atoms with E-state index >= 15 is 0 Å². The van der Waals surface area contributed by atoms with E-state index in [9.17, 15) is 4.79 Å². The molecule has 3 nitrogen and oxygen atoms in total. The fourth-order valence-corrected chi connectivity index (χ4v) is 3.43. The maximum atomic E-state index is 12.5. The van der Waals surface area contributed by atoms with Crippen LogP contribution < -0.4 is 5.32 Å². The van der Waals surface area contributed by atoms with Crippen molar-refractivity contribution in [1.82, 2.24) is 5.32 Å². The summed E-state index contributed by atoms with van der Waals surface area (Å²) >= 11 is 0. The Hall–Kier alpha value is -0.570. The highest BCUT2D eigenvalue weighted by Crippen LogP contribution is 2.38. The second-order valence-electron chi connectivity index (χ2n) is 8.03. The Bertz CT molecular complexity index is 333. The highest BCUT2D eigenvalue weighted by Gasteiger charge is 2.40. The van der Waals surface area contributed by atoms with Crippen molar-refractivity contribution in [1.29, 1.82) is 0 Å². The third-order valence-corrected chi connectivity index (χ3v) is 5.40. The zero-order valence-electron chi connectivity index (χ0n) is 13.6. The first-order valence-electron chi connectivity index (χ1n) is 8.23. The van der Waals surface area contributed by atoms with E-state index in [1.54, 1.807) is 0 Å². The standard InChI is InChI=1S/C17H31NO2/c1-16(2)9-7-14(8-10-16)20-15(19)17(3,4)13-6-5-11-18-12-13/h13-14,18H,5-12H2,1-4H3. The fourth-order valence-electron chi connectivity index (χ4n) is 3.43. The molecule has 0 radical (unpaired) electrons. The van der Waals surface area contributed by atoms with E-state index in [1.165, 1.54) is 6.42 Å². The van der Waals surface area contributed by atoms with E-state index < -0.39 is 0 Å². The number of rotatable bonds is 3. The second-order valence-corrected chi connectivity index (χ2v) is 8.03. The molecule has 0 bridgehead atoms. The molecule has 1 atom stereocenters. The van der Waals surface area contributed by atoms with Gasteiger partial charge in [0.1, 0.15) is 6.10 Å². The molecule has 1 aliphatic carbocycles. The molecule has 1 unspecified atom stereocenters. The summed E-state index contributed by atoms with van der Waals surface area (Å²) in [7, 11) is 0. The van der Waals surface area contributed by atoms with E-state index in [1.807, 2.05) is 0 Å². The van der Waals surface area contributed by atoms with Crippen molar-refractivity contribution in [3.8, 4) is 0 Å². The molecule has 0 spiro atoms. The summed E-state index contributed by atoms with van der Waals surface area (Å²) in [4.78, 5) is 12.5. The molecule has 1 saturated carbocycles. The fraction of sp³-hybridized carbons (Fsp3) is 0.941. The Morgan fingerprint density at radius 2 is 1.85 bits per heavy atom. The Labute approximate surface area is 123 Å². The lowest BCUT2D eigenvalue weighted by atomic mass is 9.74. The summed E-state index contributed by atoms with van der Waals surface area (Å²) in [5.41, 5.74) is 0.0616. The number of esters is 1. The van der Waals surface area contributed by atoms with Crippen LogP contribution in [0, 0.1) is 16.7 Å². The molecule has 2 fully saturated rings. The number of hydrogen-bond donors (Lipinski definition) is 1. The molecule has 20 heavy (non-hydrogen) atoms. The molecule has 1 aliphatic heterocycles. The maximum Gasteiger partial charge on any atom is 0.312 e. The van der Waals surface area contributed by atoms with Gasteiger partial charge in [0, 0.05) is 0 Å². The van der Waals surface area contributed by atoms with Gasteiger partial charge < -0.3 is 10.1 Å². The molecule has 0 aromatic rings. The van der Waals surface area contributed by atoms with Gasteiger partial charge in [-0.05, 0) is 76.8 Å². The summed E-state index contributed by atoms with van der Waals surface area (Å²) in [6.45, 7) is 10.8. The summed E-state index contributed by atoms with van der Waals surface area (Å²) in [6.07, 6.45) is 6.82. The van der Waals surface area contributed by atoms with Crippen LogP contribution in [-0.2, 0) is 9.53 Å². The minimum absolute atomic E-state index is 0.0101. The topological polar surface area (TPSA) is 38.3 Å². The van der Waals surface area contributed by atoms with Crippen LogP contribution in [0.1, 0.15) is 66.2 Å². The summed E-state index contributed by atoms with van der Waals surface area (Å²) in [5, 5.41) is 3.40. The molecule has 2 aliphatic rings. The van der Waals surface area contributed by atoms with Crippen molar-refractivity contribution in [3.05, 3.63) is 0 Å². The van der Waals surface area contributed by atoms with Crippen molar-refractivity contribution in [3.63, 3.8) is 0 Å². The molecule has 1 N–H and O–H groups in total. The van der Waals surface area contributed by atoms with E-state index in [0.29, 0.717) is 11.3 Å². The van der Waals surface area contributed by atoms with E-state index in [2.05, 4.69) is 33.0 Å². The number of nitrogens with one attached hydrogen (secondary N) is 1. The normalized spacial score (nSPS) is 28.1. The van der Waals surface area contributed by atoms with Gasteiger partial charge in [-0.2, -0.15) is 0 Å². The van der Waals surface area contributed by atoms with Gasteiger partial charge in [0.25, 0.3) is 0 Å². The smallest absolute Gasteiger partial charge is 0.312 e. The van der Waals surface area contributed by atoms with Crippen LogP contribution in [0.5, 0.6) is 0 Å². The largest absolute Gasteiger partial charge is 0.462 e. The first-order chi connectivity index (χ1) is 9.31. The van der Waals surface area contributed by atoms with Gasteiger partial charge in [0.2, 0.25) is 0 Å². The number of carbonyl (C=O) groups is 1. The molecule has 2 rings (SSSR count). The lowest BCUT2D eigenvalue weighted by Gasteiger charge is -2.38. The Balaban J connectivity index is 1.87. The van der Waals surface area contributed by atoms with Crippen LogP contribution in [0.4, 0.5) is 0 Å². The van der Waals surface area contributed by atoms with Crippen molar-refractivity contribution in [2.75, 3.05) is 13.1 Å². The quantitative estimate of drug-likeness (QED) is 0.804. The number of ether oxygens (including phenoxy) is 1. The van der Waals surface area contributed by atoms with Gasteiger partial charge in [-0.3, -0.25) is 4.79 Å². The van der Waals surface area contributed by atoms with Crippen molar-refractivity contribution < 1.29 is 9.53 Å². The van der Waals surface area contributed by atoms with Gasteiger partial charge in [0.05, 0.1) is 5.41 Å². The average molecular weight is 281 g/mol. The molecule has 1 saturated heterocycles. The van der Waals surface area contributed by atoms with Gasteiger partial charge >= 0.3 is 5.97 Å². The number of hydrogen-bond acceptors (Lipinski definition) is 3. The van der Waals surface area contributed by atoms with Gasteiger partial charge in [0.15, 0.2) is 0 Å². The van der Waals surface area contributed by atoms with E-state index in [-0.39, 0.29) is 17.5 Å². The van der Waals surface area contributed by atoms with Gasteiger partial charge in [-0.15, -0.1) is 0 Å².